The van der Waals surface area contributed by atoms with E-state index >= 15 is 0 Å². The van der Waals surface area contributed by atoms with E-state index in [2.05, 4.69) is 24.5 Å². The third-order valence-electron chi connectivity index (χ3n) is 12.5. The summed E-state index contributed by atoms with van der Waals surface area (Å²) >= 11 is 0. The van der Waals surface area contributed by atoms with Crippen LogP contribution in [0, 0.1) is 0 Å². The Labute approximate surface area is 416 Å². The third kappa shape index (κ3) is 14.5. The second kappa shape index (κ2) is 24.3. The SMILES string of the molecule is CCCCCCC(NC(=O)CCC(=O)Oc1ccc2nc3c(c(CC)c2c1)Cn1c-3cc2c(c1=O)COC(=O)C2(CC)OC(=O)CCC(=O)NC(CCCCCC)C(=O)OC(C)(C)C)C(=O)OC(C)(C)C. The van der Waals surface area contributed by atoms with Crippen molar-refractivity contribution in [3.8, 4) is 17.1 Å². The van der Waals surface area contributed by atoms with E-state index in [-0.39, 0.29) is 55.7 Å². The molecule has 17 heteroatoms. The zero-order valence-corrected chi connectivity index (χ0v) is 43.4. The molecule has 0 saturated heterocycles. The molecule has 3 aromatic rings. The molecule has 2 N–H and O–H groups in total. The monoisotopic (exact) mass is 987 g/mol. The normalized spacial score (nSPS) is 15.9. The van der Waals surface area contributed by atoms with Crippen LogP contribution in [0.15, 0.2) is 29.1 Å². The number of ether oxygens (including phenoxy) is 5. The van der Waals surface area contributed by atoms with Gasteiger partial charge in [0.1, 0.15) is 35.6 Å². The second-order valence-corrected chi connectivity index (χ2v) is 20.5. The lowest BCUT2D eigenvalue weighted by atomic mass is 9.85. The number of pyridine rings is 2. The van der Waals surface area contributed by atoms with Crippen LogP contribution >= 0.6 is 0 Å². The maximum absolute atomic E-state index is 14.3. The lowest BCUT2D eigenvalue weighted by Gasteiger charge is -2.35. The fourth-order valence-electron chi connectivity index (χ4n) is 8.95. The fraction of sp³-hybridized carbons (Fsp3) is 0.611. The number of hydrogen-bond acceptors (Lipinski definition) is 14. The van der Waals surface area contributed by atoms with Crippen molar-refractivity contribution >= 4 is 52.6 Å². The predicted molar refractivity (Wildman–Crippen MR) is 265 cm³/mol. The number of nitrogens with zero attached hydrogens (tertiary/aromatic N) is 2. The van der Waals surface area contributed by atoms with Gasteiger partial charge in [-0.2, -0.15) is 0 Å². The van der Waals surface area contributed by atoms with Crippen LogP contribution in [-0.2, 0) is 77.7 Å². The molecule has 0 aliphatic carbocycles. The molecule has 5 rings (SSSR count). The van der Waals surface area contributed by atoms with Crippen molar-refractivity contribution in [1.82, 2.24) is 20.2 Å². The molecule has 3 atom stereocenters. The van der Waals surface area contributed by atoms with E-state index in [1.54, 1.807) is 77.3 Å². The fourth-order valence-corrected chi connectivity index (χ4v) is 8.95. The van der Waals surface area contributed by atoms with Crippen molar-refractivity contribution < 1.29 is 57.2 Å². The number of amides is 2. The number of hydrogen-bond donors (Lipinski definition) is 2. The van der Waals surface area contributed by atoms with Crippen molar-refractivity contribution in [2.75, 3.05) is 0 Å². The highest BCUT2D eigenvalue weighted by molar-refractivity contribution is 5.92. The summed E-state index contributed by atoms with van der Waals surface area (Å²) in [5.41, 5.74) is -0.532. The molecule has 2 aliphatic heterocycles. The minimum absolute atomic E-state index is 0.0751. The lowest BCUT2D eigenvalue weighted by Crippen LogP contribution is -2.47. The highest BCUT2D eigenvalue weighted by Crippen LogP contribution is 2.42. The first-order valence-corrected chi connectivity index (χ1v) is 25.4. The summed E-state index contributed by atoms with van der Waals surface area (Å²) in [7, 11) is 0. The van der Waals surface area contributed by atoms with E-state index in [0.29, 0.717) is 48.0 Å². The number of aromatic nitrogens is 2. The number of rotatable bonds is 24. The highest BCUT2D eigenvalue weighted by atomic mass is 16.6. The first kappa shape index (κ1) is 55.8. The summed E-state index contributed by atoms with van der Waals surface area (Å²) in [5.74, 6) is -4.25. The van der Waals surface area contributed by atoms with Crippen LogP contribution in [0.4, 0.5) is 0 Å². The average molecular weight is 987 g/mol. The van der Waals surface area contributed by atoms with Gasteiger partial charge in [0.15, 0.2) is 0 Å². The average Bonchev–Trinajstić information content (AvgIpc) is 3.67. The van der Waals surface area contributed by atoms with Crippen LogP contribution in [-0.4, -0.2) is 74.5 Å². The zero-order chi connectivity index (χ0) is 52.3. The van der Waals surface area contributed by atoms with Crippen LogP contribution in [0.1, 0.15) is 188 Å². The van der Waals surface area contributed by atoms with Gasteiger partial charge in [-0.15, -0.1) is 0 Å². The maximum Gasteiger partial charge on any atom is 0.355 e. The van der Waals surface area contributed by atoms with Gasteiger partial charge in [-0.1, -0.05) is 79.1 Å². The van der Waals surface area contributed by atoms with Crippen molar-refractivity contribution in [2.45, 2.75) is 214 Å². The Bertz CT molecular complexity index is 2530. The molecule has 3 unspecified atom stereocenters. The van der Waals surface area contributed by atoms with E-state index in [1.807, 2.05) is 6.92 Å². The minimum Gasteiger partial charge on any atom is -0.458 e. The van der Waals surface area contributed by atoms with Gasteiger partial charge in [-0.25, -0.2) is 19.4 Å². The zero-order valence-electron chi connectivity index (χ0n) is 43.4. The molecule has 0 spiro atoms. The van der Waals surface area contributed by atoms with Crippen molar-refractivity contribution in [2.24, 2.45) is 0 Å². The Kier molecular flexibility index (Phi) is 19.1. The van der Waals surface area contributed by atoms with Gasteiger partial charge in [0.2, 0.25) is 17.4 Å². The number of carbonyl (C=O) groups is 7. The highest BCUT2D eigenvalue weighted by Gasteiger charge is 2.50. The molecular formula is C54H74N4O13. The number of fused-ring (bicyclic) bond motifs is 5. The number of aryl methyl sites for hydroxylation is 1. The lowest BCUT2D eigenvalue weighted by molar-refractivity contribution is -0.189. The summed E-state index contributed by atoms with van der Waals surface area (Å²) in [6.45, 7) is 18.1. The molecule has 388 valence electrons. The standard InChI is InChI=1S/C54H74N4O13/c1-11-15-17-19-21-40(49(64)70-52(5,6)7)55-43(59)25-27-45(61)68-33-23-24-39-35(29-33)34(13-3)36-31-58-42(47(36)57-39)30-38-37(48(58)63)32-67-51(66)54(38,14-4)69-46(62)28-26-44(60)56-41(22-20-18-16-12-2)50(65)71-53(8,9)10/h23-24,29-30,40-41H,11-22,25-28,31-32H2,1-10H3,(H,55,59)(H,56,60). The number of benzene rings is 1. The topological polar surface area (TPSA) is 225 Å². The Morgan fingerprint density at radius 3 is 1.82 bits per heavy atom. The van der Waals surface area contributed by atoms with Crippen molar-refractivity contribution in [1.29, 1.82) is 0 Å². The van der Waals surface area contributed by atoms with Gasteiger partial charge < -0.3 is 38.9 Å². The molecule has 0 bridgehead atoms. The Hall–Kier alpha value is -6.13. The Morgan fingerprint density at radius 1 is 0.732 bits per heavy atom. The number of esters is 5. The Morgan fingerprint density at radius 2 is 1.30 bits per heavy atom. The van der Waals surface area contributed by atoms with Gasteiger partial charge in [-0.05, 0) is 97.1 Å². The first-order valence-electron chi connectivity index (χ1n) is 25.4. The molecule has 0 fully saturated rings. The Balaban J connectivity index is 1.31. The molecule has 17 nitrogen and oxygen atoms in total. The number of nitrogens with one attached hydrogen (secondary N) is 2. The maximum atomic E-state index is 14.3. The molecule has 1 aromatic carbocycles. The van der Waals surface area contributed by atoms with Gasteiger partial charge in [-0.3, -0.25) is 24.0 Å². The van der Waals surface area contributed by atoms with Crippen molar-refractivity contribution in [3.63, 3.8) is 0 Å². The quantitative estimate of drug-likeness (QED) is 0.0292. The molecule has 4 heterocycles. The first-order chi connectivity index (χ1) is 33.5. The molecular weight excluding hydrogens is 913 g/mol. The molecule has 2 amide bonds. The molecule has 0 saturated carbocycles. The van der Waals surface area contributed by atoms with Crippen LogP contribution in [0.25, 0.3) is 22.3 Å². The molecule has 2 aromatic heterocycles. The smallest absolute Gasteiger partial charge is 0.355 e. The number of unbranched alkanes of at least 4 members (excludes halogenated alkanes) is 6. The van der Waals surface area contributed by atoms with E-state index in [0.717, 1.165) is 56.1 Å². The molecule has 2 aliphatic rings. The van der Waals surface area contributed by atoms with Gasteiger partial charge in [0.05, 0.1) is 41.9 Å². The number of cyclic esters (lactones) is 1. The van der Waals surface area contributed by atoms with Crippen LogP contribution < -0.4 is 20.9 Å². The number of carbonyl (C=O) groups excluding carboxylic acids is 7. The minimum atomic E-state index is -1.99. The largest absolute Gasteiger partial charge is 0.458 e. The van der Waals surface area contributed by atoms with Crippen molar-refractivity contribution in [3.05, 3.63) is 56.9 Å². The van der Waals surface area contributed by atoms with Gasteiger partial charge in [0, 0.05) is 29.4 Å². The van der Waals surface area contributed by atoms with Gasteiger partial charge in [0.25, 0.3) is 5.56 Å². The molecule has 0 radical (unpaired) electrons. The summed E-state index contributed by atoms with van der Waals surface area (Å²) in [6.07, 6.45) is 7.30. The van der Waals surface area contributed by atoms with Crippen LogP contribution in [0.2, 0.25) is 0 Å². The van der Waals surface area contributed by atoms with Crippen LogP contribution in [0.3, 0.4) is 0 Å². The second-order valence-electron chi connectivity index (χ2n) is 20.5. The third-order valence-corrected chi connectivity index (χ3v) is 12.5. The summed E-state index contributed by atoms with van der Waals surface area (Å²) in [5, 5.41) is 6.16. The van der Waals surface area contributed by atoms with E-state index < -0.39 is 82.5 Å². The summed E-state index contributed by atoms with van der Waals surface area (Å²) in [6, 6.07) is 4.91. The predicted octanol–water partition coefficient (Wildman–Crippen LogP) is 8.25. The van der Waals surface area contributed by atoms with E-state index in [9.17, 15) is 38.4 Å². The van der Waals surface area contributed by atoms with E-state index in [4.69, 9.17) is 28.7 Å². The molecule has 71 heavy (non-hydrogen) atoms. The van der Waals surface area contributed by atoms with Gasteiger partial charge >= 0.3 is 29.8 Å². The summed E-state index contributed by atoms with van der Waals surface area (Å²) < 4.78 is 29.8. The summed E-state index contributed by atoms with van der Waals surface area (Å²) in [4.78, 5) is 112. The van der Waals surface area contributed by atoms with Crippen LogP contribution in [0.5, 0.6) is 5.75 Å². The van der Waals surface area contributed by atoms with E-state index in [1.165, 1.54) is 0 Å².